The first-order valence-electron chi connectivity index (χ1n) is 7.17. The van der Waals surface area contributed by atoms with E-state index >= 15 is 0 Å². The van der Waals surface area contributed by atoms with Gasteiger partial charge < -0.3 is 5.32 Å². The summed E-state index contributed by atoms with van der Waals surface area (Å²) in [5.41, 5.74) is 2.09. The van der Waals surface area contributed by atoms with E-state index in [0.29, 0.717) is 11.3 Å². The van der Waals surface area contributed by atoms with Gasteiger partial charge in [-0.15, -0.1) is 0 Å². The molecule has 7 nitrogen and oxygen atoms in total. The lowest BCUT2D eigenvalue weighted by molar-refractivity contribution is 0.102. The molecule has 2 heterocycles. The Hall–Kier alpha value is -2.74. The Kier molecular flexibility index (Phi) is 3.84. The largest absolute Gasteiger partial charge is 0.321 e. The molecule has 2 aromatic heterocycles. The molecular weight excluding hydrogens is 328 g/mol. The van der Waals surface area contributed by atoms with Crippen LogP contribution in [0.5, 0.6) is 0 Å². The maximum Gasteiger partial charge on any atom is 0.257 e. The van der Waals surface area contributed by atoms with Gasteiger partial charge >= 0.3 is 0 Å². The smallest absolute Gasteiger partial charge is 0.257 e. The van der Waals surface area contributed by atoms with Crippen molar-refractivity contribution in [3.63, 3.8) is 0 Å². The van der Waals surface area contributed by atoms with Gasteiger partial charge in [-0.1, -0.05) is 12.1 Å². The van der Waals surface area contributed by atoms with Crippen LogP contribution in [-0.4, -0.2) is 35.3 Å². The van der Waals surface area contributed by atoms with Gasteiger partial charge in [-0.05, 0) is 25.1 Å². The van der Waals surface area contributed by atoms with Crippen molar-refractivity contribution in [2.75, 3.05) is 11.6 Å². The number of sulfone groups is 1. The highest BCUT2D eigenvalue weighted by Crippen LogP contribution is 2.21. The number of aryl methyl sites for hydroxylation is 2. The predicted octanol–water partition coefficient (Wildman–Crippen LogP) is 1.93. The fraction of sp³-hybridized carbons (Fsp3) is 0.188. The Bertz CT molecular complexity index is 1050. The zero-order chi connectivity index (χ0) is 17.5. The van der Waals surface area contributed by atoms with Gasteiger partial charge in [0.1, 0.15) is 0 Å². The summed E-state index contributed by atoms with van der Waals surface area (Å²) in [5.74, 6) is -0.501. The number of nitrogens with zero attached hydrogens (tertiary/aromatic N) is 3. The predicted molar refractivity (Wildman–Crippen MR) is 90.8 cm³/mol. The summed E-state index contributed by atoms with van der Waals surface area (Å²) in [6, 6.07) is 7.87. The van der Waals surface area contributed by atoms with Gasteiger partial charge in [0.05, 0.1) is 28.0 Å². The molecule has 0 fully saturated rings. The lowest BCUT2D eigenvalue weighted by Crippen LogP contribution is -2.16. The number of benzene rings is 1. The molecule has 8 heteroatoms. The Balaban J connectivity index is 1.98. The Labute approximate surface area is 139 Å². The molecule has 0 bridgehead atoms. The molecule has 0 aliphatic heterocycles. The third kappa shape index (κ3) is 2.88. The summed E-state index contributed by atoms with van der Waals surface area (Å²) >= 11 is 0. The van der Waals surface area contributed by atoms with Crippen LogP contribution in [0.4, 0.5) is 5.69 Å². The minimum absolute atomic E-state index is 0.00547. The van der Waals surface area contributed by atoms with Crippen LogP contribution in [0, 0.1) is 6.92 Å². The fourth-order valence-corrected chi connectivity index (χ4v) is 3.44. The molecule has 124 valence electrons. The summed E-state index contributed by atoms with van der Waals surface area (Å²) in [6.07, 6.45) is 2.59. The van der Waals surface area contributed by atoms with E-state index in [1.54, 1.807) is 29.9 Å². The molecule has 24 heavy (non-hydrogen) atoms. The van der Waals surface area contributed by atoms with Gasteiger partial charge in [0.15, 0.2) is 15.5 Å². The van der Waals surface area contributed by atoms with Crippen molar-refractivity contribution in [3.05, 3.63) is 47.8 Å². The number of fused-ring (bicyclic) bond motifs is 1. The average molecular weight is 344 g/mol. The van der Waals surface area contributed by atoms with Crippen LogP contribution < -0.4 is 5.32 Å². The minimum Gasteiger partial charge on any atom is -0.321 e. The SMILES string of the molecule is Cc1nn(C)c2ncc(NC(=O)c3ccccc3S(C)(=O)=O)cc12. The first-order chi connectivity index (χ1) is 11.3. The van der Waals surface area contributed by atoms with Crippen molar-refractivity contribution < 1.29 is 13.2 Å². The maximum atomic E-state index is 12.5. The van der Waals surface area contributed by atoms with Crippen LogP contribution >= 0.6 is 0 Å². The Morgan fingerprint density at radius 1 is 1.25 bits per heavy atom. The van der Waals surface area contributed by atoms with Crippen molar-refractivity contribution in [2.24, 2.45) is 7.05 Å². The number of rotatable bonds is 3. The quantitative estimate of drug-likeness (QED) is 0.783. The number of hydrogen-bond donors (Lipinski definition) is 1. The Morgan fingerprint density at radius 3 is 2.67 bits per heavy atom. The molecule has 0 saturated carbocycles. The van der Waals surface area contributed by atoms with E-state index in [0.717, 1.165) is 17.3 Å². The molecule has 1 aromatic carbocycles. The summed E-state index contributed by atoms with van der Waals surface area (Å²) in [6.45, 7) is 1.86. The van der Waals surface area contributed by atoms with Crippen LogP contribution in [0.25, 0.3) is 11.0 Å². The molecule has 3 rings (SSSR count). The number of hydrogen-bond acceptors (Lipinski definition) is 5. The molecule has 1 amide bonds. The third-order valence-electron chi connectivity index (χ3n) is 3.65. The van der Waals surface area contributed by atoms with Crippen molar-refractivity contribution in [1.29, 1.82) is 0 Å². The molecule has 0 spiro atoms. The lowest BCUT2D eigenvalue weighted by Gasteiger charge is -2.09. The van der Waals surface area contributed by atoms with Crippen molar-refractivity contribution in [1.82, 2.24) is 14.8 Å². The zero-order valence-corrected chi connectivity index (χ0v) is 14.3. The number of pyridine rings is 1. The number of nitrogens with one attached hydrogen (secondary N) is 1. The zero-order valence-electron chi connectivity index (χ0n) is 13.4. The number of carbonyl (C=O) groups excluding carboxylic acids is 1. The molecular formula is C16H16N4O3S. The molecule has 0 saturated heterocycles. The standard InChI is InChI=1S/C16H16N4O3S/c1-10-13-8-11(9-17-15(13)20(2)19-10)18-16(21)12-6-4-5-7-14(12)24(3,22)23/h4-9H,1-3H3,(H,18,21). The normalized spacial score (nSPS) is 11.6. The highest BCUT2D eigenvalue weighted by molar-refractivity contribution is 7.90. The second-order valence-corrected chi connectivity index (χ2v) is 7.51. The molecule has 0 aliphatic carbocycles. The number of aromatic nitrogens is 3. The van der Waals surface area contributed by atoms with Gasteiger partial charge in [-0.3, -0.25) is 9.48 Å². The van der Waals surface area contributed by atoms with E-state index in [4.69, 9.17) is 0 Å². The molecule has 0 aliphatic rings. The molecule has 0 atom stereocenters. The Morgan fingerprint density at radius 2 is 1.96 bits per heavy atom. The lowest BCUT2D eigenvalue weighted by atomic mass is 10.2. The van der Waals surface area contributed by atoms with Crippen molar-refractivity contribution >= 4 is 32.5 Å². The fourth-order valence-electron chi connectivity index (χ4n) is 2.55. The monoisotopic (exact) mass is 344 g/mol. The van der Waals surface area contributed by atoms with E-state index in [2.05, 4.69) is 15.4 Å². The average Bonchev–Trinajstić information content (AvgIpc) is 2.81. The summed E-state index contributed by atoms with van der Waals surface area (Å²) in [7, 11) is -1.70. The van der Waals surface area contributed by atoms with Crippen LogP contribution in [0.3, 0.4) is 0 Å². The second-order valence-electron chi connectivity index (χ2n) is 5.53. The summed E-state index contributed by atoms with van der Waals surface area (Å²) < 4.78 is 25.3. The van der Waals surface area contributed by atoms with Crippen molar-refractivity contribution in [3.8, 4) is 0 Å². The van der Waals surface area contributed by atoms with Gasteiger partial charge in [0.2, 0.25) is 0 Å². The second kappa shape index (κ2) is 5.72. The molecule has 3 aromatic rings. The summed E-state index contributed by atoms with van der Waals surface area (Å²) in [4.78, 5) is 16.8. The third-order valence-corrected chi connectivity index (χ3v) is 4.81. The number of anilines is 1. The highest BCUT2D eigenvalue weighted by Gasteiger charge is 2.18. The topological polar surface area (TPSA) is 93.9 Å². The van der Waals surface area contributed by atoms with Crippen LogP contribution in [0.1, 0.15) is 16.1 Å². The maximum absolute atomic E-state index is 12.5. The molecule has 0 radical (unpaired) electrons. The van der Waals surface area contributed by atoms with E-state index in [-0.39, 0.29) is 10.5 Å². The molecule has 1 N–H and O–H groups in total. The van der Waals surface area contributed by atoms with E-state index < -0.39 is 15.7 Å². The van der Waals surface area contributed by atoms with Gasteiger partial charge in [0, 0.05) is 18.7 Å². The number of carbonyl (C=O) groups is 1. The van der Waals surface area contributed by atoms with Crippen LogP contribution in [0.15, 0.2) is 41.4 Å². The van der Waals surface area contributed by atoms with E-state index in [1.165, 1.54) is 18.3 Å². The highest BCUT2D eigenvalue weighted by atomic mass is 32.2. The van der Waals surface area contributed by atoms with Gasteiger partial charge in [0.25, 0.3) is 5.91 Å². The first kappa shape index (κ1) is 16.1. The molecule has 0 unspecified atom stereocenters. The minimum atomic E-state index is -3.50. The van der Waals surface area contributed by atoms with Gasteiger partial charge in [-0.2, -0.15) is 5.10 Å². The first-order valence-corrected chi connectivity index (χ1v) is 9.06. The summed E-state index contributed by atoms with van der Waals surface area (Å²) in [5, 5.41) is 7.80. The number of amides is 1. The van der Waals surface area contributed by atoms with Gasteiger partial charge in [-0.25, -0.2) is 13.4 Å². The van der Waals surface area contributed by atoms with Crippen molar-refractivity contribution in [2.45, 2.75) is 11.8 Å². The van der Waals surface area contributed by atoms with Crippen LogP contribution in [-0.2, 0) is 16.9 Å². The van der Waals surface area contributed by atoms with E-state index in [9.17, 15) is 13.2 Å². The van der Waals surface area contributed by atoms with Crippen LogP contribution in [0.2, 0.25) is 0 Å². The van der Waals surface area contributed by atoms with E-state index in [1.807, 2.05) is 6.92 Å².